The Labute approximate surface area is 112 Å². The Kier molecular flexibility index (Phi) is 3.73. The minimum absolute atomic E-state index is 0.199. The normalized spacial score (nSPS) is 10.0. The SMILES string of the molecule is O=C(Nc1ccc(F)cc1I)c1ccccc1. The molecule has 0 bridgehead atoms. The minimum Gasteiger partial charge on any atom is -0.321 e. The van der Waals surface area contributed by atoms with Gasteiger partial charge in [0.15, 0.2) is 0 Å². The molecule has 0 fully saturated rings. The number of nitrogens with one attached hydrogen (secondary N) is 1. The summed E-state index contributed by atoms with van der Waals surface area (Å²) in [7, 11) is 0. The van der Waals surface area contributed by atoms with Crippen LogP contribution >= 0.6 is 22.6 Å². The summed E-state index contributed by atoms with van der Waals surface area (Å²) in [6.45, 7) is 0. The number of amides is 1. The fourth-order valence-electron chi connectivity index (χ4n) is 1.37. The van der Waals surface area contributed by atoms with Crippen molar-refractivity contribution in [1.82, 2.24) is 0 Å². The zero-order valence-electron chi connectivity index (χ0n) is 8.78. The minimum atomic E-state index is -0.313. The maximum absolute atomic E-state index is 12.9. The highest BCUT2D eigenvalue weighted by molar-refractivity contribution is 14.1. The third-order valence-corrected chi connectivity index (χ3v) is 3.11. The second-order valence-electron chi connectivity index (χ2n) is 3.44. The highest BCUT2D eigenvalue weighted by Crippen LogP contribution is 2.19. The van der Waals surface area contributed by atoms with E-state index in [4.69, 9.17) is 0 Å². The van der Waals surface area contributed by atoms with Gasteiger partial charge in [0.25, 0.3) is 5.91 Å². The van der Waals surface area contributed by atoms with Crippen LogP contribution in [0, 0.1) is 9.39 Å². The van der Waals surface area contributed by atoms with Crippen molar-refractivity contribution in [1.29, 1.82) is 0 Å². The fourth-order valence-corrected chi connectivity index (χ4v) is 1.99. The second-order valence-corrected chi connectivity index (χ2v) is 4.61. The molecule has 2 nitrogen and oxygen atoms in total. The van der Waals surface area contributed by atoms with Crippen LogP contribution in [0.5, 0.6) is 0 Å². The third kappa shape index (κ3) is 3.03. The van der Waals surface area contributed by atoms with Crippen molar-refractivity contribution in [2.24, 2.45) is 0 Å². The van der Waals surface area contributed by atoms with E-state index in [1.165, 1.54) is 12.1 Å². The number of hydrogen-bond donors (Lipinski definition) is 1. The van der Waals surface area contributed by atoms with Crippen LogP contribution in [0.15, 0.2) is 48.5 Å². The standard InChI is InChI=1S/C13H9FINO/c14-10-6-7-12(11(15)8-10)16-13(17)9-4-2-1-3-5-9/h1-8H,(H,16,17). The summed E-state index contributed by atoms with van der Waals surface area (Å²) in [5.74, 6) is -0.512. The van der Waals surface area contributed by atoms with E-state index in [0.29, 0.717) is 14.8 Å². The van der Waals surface area contributed by atoms with Crippen molar-refractivity contribution in [2.45, 2.75) is 0 Å². The van der Waals surface area contributed by atoms with Gasteiger partial charge in [-0.3, -0.25) is 4.79 Å². The van der Waals surface area contributed by atoms with Gasteiger partial charge in [0, 0.05) is 9.13 Å². The van der Waals surface area contributed by atoms with E-state index in [1.54, 1.807) is 30.3 Å². The summed E-state index contributed by atoms with van der Waals surface area (Å²) in [5.41, 5.74) is 1.19. The van der Waals surface area contributed by atoms with Crippen molar-refractivity contribution < 1.29 is 9.18 Å². The van der Waals surface area contributed by atoms with Gasteiger partial charge >= 0.3 is 0 Å². The Hall–Kier alpha value is -1.43. The quantitative estimate of drug-likeness (QED) is 0.830. The van der Waals surface area contributed by atoms with Crippen LogP contribution in [0.1, 0.15) is 10.4 Å². The molecular weight excluding hydrogens is 332 g/mol. The van der Waals surface area contributed by atoms with E-state index in [-0.39, 0.29) is 11.7 Å². The third-order valence-electron chi connectivity index (χ3n) is 2.22. The number of rotatable bonds is 2. The molecule has 0 aromatic heterocycles. The summed E-state index contributed by atoms with van der Waals surface area (Å²) in [5, 5.41) is 2.74. The van der Waals surface area contributed by atoms with Gasteiger partial charge in [0.05, 0.1) is 5.69 Å². The van der Waals surface area contributed by atoms with Gasteiger partial charge in [-0.25, -0.2) is 4.39 Å². The summed E-state index contributed by atoms with van der Waals surface area (Å²) in [6, 6.07) is 13.1. The van der Waals surface area contributed by atoms with E-state index in [0.717, 1.165) is 0 Å². The molecule has 0 unspecified atom stereocenters. The molecule has 2 aromatic rings. The average Bonchev–Trinajstić information content (AvgIpc) is 2.34. The highest BCUT2D eigenvalue weighted by Gasteiger charge is 2.07. The lowest BCUT2D eigenvalue weighted by Gasteiger charge is -2.07. The van der Waals surface area contributed by atoms with Gasteiger partial charge in [-0.15, -0.1) is 0 Å². The lowest BCUT2D eigenvalue weighted by molar-refractivity contribution is 0.102. The molecule has 0 atom stereocenters. The van der Waals surface area contributed by atoms with Crippen LogP contribution in [0.2, 0.25) is 0 Å². The van der Waals surface area contributed by atoms with Crippen LogP contribution in [-0.4, -0.2) is 5.91 Å². The first-order valence-electron chi connectivity index (χ1n) is 4.98. The first kappa shape index (κ1) is 12.0. The van der Waals surface area contributed by atoms with Gasteiger partial charge in [-0.1, -0.05) is 18.2 Å². The van der Waals surface area contributed by atoms with Crippen LogP contribution in [-0.2, 0) is 0 Å². The summed E-state index contributed by atoms with van der Waals surface area (Å²) >= 11 is 1.98. The zero-order valence-corrected chi connectivity index (χ0v) is 10.9. The molecule has 0 saturated carbocycles. The predicted molar refractivity (Wildman–Crippen MR) is 73.5 cm³/mol. The first-order chi connectivity index (χ1) is 8.16. The number of carbonyl (C=O) groups excluding carboxylic acids is 1. The predicted octanol–water partition coefficient (Wildman–Crippen LogP) is 3.68. The van der Waals surface area contributed by atoms with Crippen molar-refractivity contribution in [3.05, 3.63) is 63.5 Å². The van der Waals surface area contributed by atoms with Crippen molar-refractivity contribution in [3.63, 3.8) is 0 Å². The Morgan fingerprint density at radius 3 is 2.47 bits per heavy atom. The largest absolute Gasteiger partial charge is 0.321 e. The van der Waals surface area contributed by atoms with Crippen molar-refractivity contribution >= 4 is 34.2 Å². The molecule has 4 heteroatoms. The summed E-state index contributed by atoms with van der Waals surface area (Å²) < 4.78 is 13.6. The van der Waals surface area contributed by atoms with Crippen LogP contribution in [0.25, 0.3) is 0 Å². The van der Waals surface area contributed by atoms with Crippen LogP contribution < -0.4 is 5.32 Å². The maximum Gasteiger partial charge on any atom is 0.255 e. The van der Waals surface area contributed by atoms with Gasteiger partial charge < -0.3 is 5.32 Å². The Bertz CT molecular complexity index is 542. The Morgan fingerprint density at radius 1 is 1.12 bits per heavy atom. The molecule has 2 rings (SSSR count). The molecule has 0 aliphatic carbocycles. The molecule has 0 saturated heterocycles. The first-order valence-corrected chi connectivity index (χ1v) is 6.06. The molecule has 0 aliphatic rings. The second kappa shape index (κ2) is 5.27. The molecule has 0 radical (unpaired) electrons. The molecule has 1 amide bonds. The molecule has 17 heavy (non-hydrogen) atoms. The summed E-state index contributed by atoms with van der Waals surface area (Å²) in [4.78, 5) is 11.8. The number of anilines is 1. The monoisotopic (exact) mass is 341 g/mol. The fraction of sp³-hybridized carbons (Fsp3) is 0. The molecular formula is C13H9FINO. The average molecular weight is 341 g/mol. The number of halogens is 2. The van der Waals surface area contributed by atoms with Crippen molar-refractivity contribution in [2.75, 3.05) is 5.32 Å². The molecule has 2 aromatic carbocycles. The Balaban J connectivity index is 2.19. The van der Waals surface area contributed by atoms with E-state index in [9.17, 15) is 9.18 Å². The van der Waals surface area contributed by atoms with E-state index in [2.05, 4.69) is 5.32 Å². The molecule has 0 spiro atoms. The Morgan fingerprint density at radius 2 is 1.82 bits per heavy atom. The van der Waals surface area contributed by atoms with Gasteiger partial charge in [-0.2, -0.15) is 0 Å². The smallest absolute Gasteiger partial charge is 0.255 e. The van der Waals surface area contributed by atoms with Crippen LogP contribution in [0.4, 0.5) is 10.1 Å². The molecule has 0 aliphatic heterocycles. The van der Waals surface area contributed by atoms with E-state index in [1.807, 2.05) is 28.7 Å². The van der Waals surface area contributed by atoms with Gasteiger partial charge in [0.2, 0.25) is 0 Å². The van der Waals surface area contributed by atoms with Crippen LogP contribution in [0.3, 0.4) is 0 Å². The maximum atomic E-state index is 12.9. The molecule has 1 N–H and O–H groups in total. The van der Waals surface area contributed by atoms with E-state index >= 15 is 0 Å². The van der Waals surface area contributed by atoms with Crippen molar-refractivity contribution in [3.8, 4) is 0 Å². The summed E-state index contributed by atoms with van der Waals surface area (Å²) in [6.07, 6.45) is 0. The van der Waals surface area contributed by atoms with Gasteiger partial charge in [-0.05, 0) is 52.9 Å². The van der Waals surface area contributed by atoms with Gasteiger partial charge in [0.1, 0.15) is 5.82 Å². The zero-order chi connectivity index (χ0) is 12.3. The number of benzene rings is 2. The topological polar surface area (TPSA) is 29.1 Å². The molecule has 86 valence electrons. The number of carbonyl (C=O) groups is 1. The lowest BCUT2D eigenvalue weighted by atomic mass is 10.2. The highest BCUT2D eigenvalue weighted by atomic mass is 127. The lowest BCUT2D eigenvalue weighted by Crippen LogP contribution is -2.12. The number of hydrogen-bond acceptors (Lipinski definition) is 1. The van der Waals surface area contributed by atoms with E-state index < -0.39 is 0 Å². The molecule has 0 heterocycles.